The van der Waals surface area contributed by atoms with E-state index < -0.39 is 0 Å². The van der Waals surface area contributed by atoms with Crippen LogP contribution < -0.4 is 5.56 Å². The average molecular weight is 413 g/mol. The highest BCUT2D eigenvalue weighted by atomic mass is 32.2. The Hall–Kier alpha value is -3.38. The second-order valence-corrected chi connectivity index (χ2v) is 8.27. The fraction of sp³-hybridized carbons (Fsp3) is 0.125. The van der Waals surface area contributed by atoms with Crippen LogP contribution in [-0.2, 0) is 5.75 Å². The van der Waals surface area contributed by atoms with Gasteiger partial charge in [-0.2, -0.15) is 0 Å². The molecule has 0 saturated heterocycles. The summed E-state index contributed by atoms with van der Waals surface area (Å²) in [5.41, 5.74) is 5.99. The maximum Gasteiger partial charge on any atom is 0.283 e. The summed E-state index contributed by atoms with van der Waals surface area (Å²) in [6.07, 6.45) is 1.78. The topological polar surface area (TPSA) is 63.6 Å². The lowest BCUT2D eigenvalue weighted by atomic mass is 10.1. The van der Waals surface area contributed by atoms with Crippen LogP contribution in [0.15, 0.2) is 76.8 Å². The van der Waals surface area contributed by atoms with E-state index >= 15 is 0 Å². The number of rotatable bonds is 4. The molecule has 0 aliphatic heterocycles. The van der Waals surface area contributed by atoms with Crippen molar-refractivity contribution >= 4 is 33.7 Å². The van der Waals surface area contributed by atoms with Gasteiger partial charge >= 0.3 is 0 Å². The Bertz CT molecular complexity index is 1440. The molecule has 0 unspecified atom stereocenters. The maximum atomic E-state index is 13.7. The molecule has 1 N–H and O–H groups in total. The molecular formula is C24H20N4OS. The Kier molecular flexibility index (Phi) is 4.64. The van der Waals surface area contributed by atoms with Crippen molar-refractivity contribution in [3.05, 3.63) is 94.0 Å². The Morgan fingerprint density at radius 1 is 1.03 bits per heavy atom. The van der Waals surface area contributed by atoms with Crippen molar-refractivity contribution < 1.29 is 0 Å². The van der Waals surface area contributed by atoms with Crippen molar-refractivity contribution in [1.82, 2.24) is 19.5 Å². The molecule has 0 atom stereocenters. The molecule has 0 spiro atoms. The van der Waals surface area contributed by atoms with Gasteiger partial charge in [0.05, 0.1) is 11.4 Å². The smallest absolute Gasteiger partial charge is 0.283 e. The Morgan fingerprint density at radius 2 is 1.87 bits per heavy atom. The summed E-state index contributed by atoms with van der Waals surface area (Å²) in [5.74, 6) is 0.631. The van der Waals surface area contributed by atoms with Gasteiger partial charge in [0.2, 0.25) is 0 Å². The summed E-state index contributed by atoms with van der Waals surface area (Å²) >= 11 is 1.53. The van der Waals surface area contributed by atoms with Gasteiger partial charge in [-0.15, -0.1) is 0 Å². The highest BCUT2D eigenvalue weighted by Gasteiger charge is 2.18. The molecule has 5 aromatic rings. The van der Waals surface area contributed by atoms with Crippen molar-refractivity contribution in [3.63, 3.8) is 0 Å². The summed E-state index contributed by atoms with van der Waals surface area (Å²) in [6.45, 7) is 4.05. The normalized spacial score (nSPS) is 11.4. The minimum atomic E-state index is -0.0894. The zero-order valence-corrected chi connectivity index (χ0v) is 17.5. The summed E-state index contributed by atoms with van der Waals surface area (Å²) in [4.78, 5) is 26.3. The lowest BCUT2D eigenvalue weighted by molar-refractivity contribution is 0.812. The SMILES string of the molecule is Cc1ccc(C)c(-n2c(SCc3ccccn3)nc3c([nH]c4ccccc43)c2=O)c1. The Balaban J connectivity index is 1.77. The van der Waals surface area contributed by atoms with Gasteiger partial charge in [-0.3, -0.25) is 14.3 Å². The number of thioether (sulfide) groups is 1. The first-order valence-corrected chi connectivity index (χ1v) is 10.7. The van der Waals surface area contributed by atoms with Crippen LogP contribution in [0.4, 0.5) is 0 Å². The van der Waals surface area contributed by atoms with E-state index in [1.165, 1.54) is 11.8 Å². The molecule has 0 bridgehead atoms. The van der Waals surface area contributed by atoms with Gasteiger partial charge in [-0.25, -0.2) is 4.98 Å². The van der Waals surface area contributed by atoms with Crippen molar-refractivity contribution in [2.45, 2.75) is 24.8 Å². The van der Waals surface area contributed by atoms with E-state index in [0.29, 0.717) is 21.9 Å². The summed E-state index contributed by atoms with van der Waals surface area (Å²) < 4.78 is 1.73. The molecule has 0 fully saturated rings. The van der Waals surface area contributed by atoms with Crippen LogP contribution in [0, 0.1) is 13.8 Å². The van der Waals surface area contributed by atoms with Crippen LogP contribution >= 0.6 is 11.8 Å². The Morgan fingerprint density at radius 3 is 2.70 bits per heavy atom. The number of para-hydroxylation sites is 1. The molecule has 0 amide bonds. The summed E-state index contributed by atoms with van der Waals surface area (Å²) in [7, 11) is 0. The van der Waals surface area contributed by atoms with Gasteiger partial charge in [0.1, 0.15) is 11.0 Å². The molecule has 6 heteroatoms. The monoisotopic (exact) mass is 412 g/mol. The Labute approximate surface area is 177 Å². The first kappa shape index (κ1) is 18.6. The first-order valence-electron chi connectivity index (χ1n) is 9.75. The number of benzene rings is 2. The average Bonchev–Trinajstić information content (AvgIpc) is 3.14. The summed E-state index contributed by atoms with van der Waals surface area (Å²) in [5, 5.41) is 1.62. The highest BCUT2D eigenvalue weighted by molar-refractivity contribution is 7.98. The molecule has 5 rings (SSSR count). The second kappa shape index (κ2) is 7.46. The van der Waals surface area contributed by atoms with Crippen molar-refractivity contribution in [1.29, 1.82) is 0 Å². The lowest BCUT2D eigenvalue weighted by Crippen LogP contribution is -2.22. The van der Waals surface area contributed by atoms with Gasteiger partial charge in [0.15, 0.2) is 5.16 Å². The number of aromatic amines is 1. The zero-order chi connectivity index (χ0) is 20.7. The number of nitrogens with one attached hydrogen (secondary N) is 1. The molecule has 3 aromatic heterocycles. The standard InChI is InChI=1S/C24H20N4OS/c1-15-10-11-16(2)20(13-15)28-23(29)22-21(18-8-3-4-9-19(18)26-22)27-24(28)30-14-17-7-5-6-12-25-17/h3-13,26H,14H2,1-2H3. The fourth-order valence-electron chi connectivity index (χ4n) is 3.63. The molecule has 0 aliphatic rings. The molecule has 2 aromatic carbocycles. The minimum absolute atomic E-state index is 0.0894. The largest absolute Gasteiger partial charge is 0.349 e. The number of fused-ring (bicyclic) bond motifs is 3. The molecule has 30 heavy (non-hydrogen) atoms. The van der Waals surface area contributed by atoms with E-state index in [2.05, 4.69) is 16.0 Å². The van der Waals surface area contributed by atoms with Crippen LogP contribution in [0.2, 0.25) is 0 Å². The molecular weight excluding hydrogens is 392 g/mol. The molecule has 3 heterocycles. The highest BCUT2D eigenvalue weighted by Crippen LogP contribution is 2.28. The van der Waals surface area contributed by atoms with Crippen LogP contribution in [0.5, 0.6) is 0 Å². The van der Waals surface area contributed by atoms with Gasteiger partial charge in [0, 0.05) is 22.9 Å². The molecule has 0 saturated carbocycles. The van der Waals surface area contributed by atoms with E-state index in [0.717, 1.165) is 33.4 Å². The van der Waals surface area contributed by atoms with Crippen molar-refractivity contribution in [3.8, 4) is 5.69 Å². The lowest BCUT2D eigenvalue weighted by Gasteiger charge is -2.15. The number of pyridine rings is 1. The van der Waals surface area contributed by atoms with Crippen molar-refractivity contribution in [2.75, 3.05) is 0 Å². The third kappa shape index (κ3) is 3.19. The van der Waals surface area contributed by atoms with Gasteiger partial charge in [0.25, 0.3) is 5.56 Å². The molecule has 0 radical (unpaired) electrons. The third-order valence-electron chi connectivity index (χ3n) is 5.18. The summed E-state index contributed by atoms with van der Waals surface area (Å²) in [6, 6.07) is 19.9. The predicted molar refractivity (Wildman–Crippen MR) is 122 cm³/mol. The predicted octanol–water partition coefficient (Wildman–Crippen LogP) is 5.17. The zero-order valence-electron chi connectivity index (χ0n) is 16.7. The van der Waals surface area contributed by atoms with E-state index in [9.17, 15) is 4.79 Å². The molecule has 5 nitrogen and oxygen atoms in total. The number of nitrogens with zero attached hydrogens (tertiary/aromatic N) is 3. The van der Waals surface area contributed by atoms with Gasteiger partial charge < -0.3 is 4.98 Å². The van der Waals surface area contributed by atoms with E-state index in [-0.39, 0.29) is 5.56 Å². The number of aromatic nitrogens is 4. The van der Waals surface area contributed by atoms with Crippen LogP contribution in [-0.4, -0.2) is 19.5 Å². The molecule has 148 valence electrons. The quantitative estimate of drug-likeness (QED) is 0.327. The number of aryl methyl sites for hydroxylation is 2. The second-order valence-electron chi connectivity index (χ2n) is 7.33. The number of hydrogen-bond donors (Lipinski definition) is 1. The van der Waals surface area contributed by atoms with Gasteiger partial charge in [-0.1, -0.05) is 48.2 Å². The number of H-pyrrole nitrogens is 1. The fourth-order valence-corrected chi connectivity index (χ4v) is 4.55. The minimum Gasteiger partial charge on any atom is -0.349 e. The first-order chi connectivity index (χ1) is 14.6. The van der Waals surface area contributed by atoms with Gasteiger partial charge in [-0.05, 0) is 49.2 Å². The number of hydrogen-bond acceptors (Lipinski definition) is 4. The van der Waals surface area contributed by atoms with E-state index in [4.69, 9.17) is 4.98 Å². The third-order valence-corrected chi connectivity index (χ3v) is 6.15. The van der Waals surface area contributed by atoms with Crippen LogP contribution in [0.3, 0.4) is 0 Å². The molecule has 0 aliphatic carbocycles. The van der Waals surface area contributed by atoms with E-state index in [1.54, 1.807) is 10.8 Å². The van der Waals surface area contributed by atoms with E-state index in [1.807, 2.05) is 68.4 Å². The van der Waals surface area contributed by atoms with Crippen molar-refractivity contribution in [2.24, 2.45) is 0 Å². The van der Waals surface area contributed by atoms with Crippen LogP contribution in [0.1, 0.15) is 16.8 Å². The maximum absolute atomic E-state index is 13.7. The van der Waals surface area contributed by atoms with Crippen LogP contribution in [0.25, 0.3) is 27.6 Å².